The fourth-order valence-corrected chi connectivity index (χ4v) is 3.49. The van der Waals surface area contributed by atoms with Crippen LogP contribution in [0.1, 0.15) is 17.4 Å². The van der Waals surface area contributed by atoms with Gasteiger partial charge >= 0.3 is 0 Å². The highest BCUT2D eigenvalue weighted by molar-refractivity contribution is 9.10. The average Bonchev–Trinajstić information content (AvgIpc) is 3.35. The van der Waals surface area contributed by atoms with E-state index in [9.17, 15) is 4.39 Å². The van der Waals surface area contributed by atoms with Crippen LogP contribution in [0.15, 0.2) is 63.9 Å². The number of ether oxygens (including phenoxy) is 1. The van der Waals surface area contributed by atoms with E-state index in [4.69, 9.17) is 9.26 Å². The summed E-state index contributed by atoms with van der Waals surface area (Å²) >= 11 is 3.41. The van der Waals surface area contributed by atoms with Crippen LogP contribution in [0.25, 0.3) is 23.0 Å². The van der Waals surface area contributed by atoms with Crippen LogP contribution in [0.5, 0.6) is 0 Å². The summed E-state index contributed by atoms with van der Waals surface area (Å²) in [7, 11) is 0. The van der Waals surface area contributed by atoms with Crippen LogP contribution in [0.2, 0.25) is 0 Å². The molecule has 0 aliphatic carbocycles. The first-order valence-corrected chi connectivity index (χ1v) is 9.48. The van der Waals surface area contributed by atoms with Crippen LogP contribution < -0.4 is 0 Å². The van der Waals surface area contributed by atoms with E-state index in [-0.39, 0.29) is 11.9 Å². The summed E-state index contributed by atoms with van der Waals surface area (Å²) in [4.78, 5) is 8.93. The zero-order chi connectivity index (χ0) is 19.1. The molecule has 140 valence electrons. The van der Waals surface area contributed by atoms with E-state index in [2.05, 4.69) is 31.1 Å². The maximum atomic E-state index is 13.1. The third-order valence-electron chi connectivity index (χ3n) is 4.70. The maximum absolute atomic E-state index is 13.1. The minimum absolute atomic E-state index is 0.156. The molecule has 4 aromatic rings. The van der Waals surface area contributed by atoms with Crippen LogP contribution in [0.4, 0.5) is 4.39 Å². The Morgan fingerprint density at radius 1 is 1.07 bits per heavy atom. The Morgan fingerprint density at radius 3 is 2.64 bits per heavy atom. The third-order valence-corrected chi connectivity index (χ3v) is 5.23. The predicted molar refractivity (Wildman–Crippen MR) is 103 cm³/mol. The van der Waals surface area contributed by atoms with Crippen molar-refractivity contribution in [3.8, 4) is 23.0 Å². The molecule has 0 radical (unpaired) electrons. The van der Waals surface area contributed by atoms with Gasteiger partial charge in [-0.15, -0.1) is 0 Å². The number of hydrogen-bond acceptors (Lipinski definition) is 5. The van der Waals surface area contributed by atoms with E-state index in [1.165, 1.54) is 12.1 Å². The molecular weight excluding hydrogens is 427 g/mol. The molecule has 1 unspecified atom stereocenters. The van der Waals surface area contributed by atoms with Crippen molar-refractivity contribution in [3.63, 3.8) is 0 Å². The minimum Gasteiger partial charge on any atom is -0.365 e. The Labute approximate surface area is 168 Å². The van der Waals surface area contributed by atoms with Crippen molar-refractivity contribution in [2.75, 3.05) is 0 Å². The van der Waals surface area contributed by atoms with Crippen molar-refractivity contribution in [2.45, 2.75) is 19.3 Å². The van der Waals surface area contributed by atoms with Gasteiger partial charge in [0.15, 0.2) is 5.69 Å². The summed E-state index contributed by atoms with van der Waals surface area (Å²) in [6, 6.07) is 14.0. The number of benzene rings is 2. The minimum atomic E-state index is -0.261. The second-order valence-electron chi connectivity index (χ2n) is 6.47. The van der Waals surface area contributed by atoms with Gasteiger partial charge in [-0.3, -0.25) is 0 Å². The van der Waals surface area contributed by atoms with Crippen molar-refractivity contribution in [3.05, 3.63) is 76.4 Å². The van der Waals surface area contributed by atoms with E-state index in [1.807, 2.05) is 28.8 Å². The first kappa shape index (κ1) is 17.3. The quantitative estimate of drug-likeness (QED) is 0.458. The summed E-state index contributed by atoms with van der Waals surface area (Å²) in [5, 5.41) is 4.06. The molecule has 28 heavy (non-hydrogen) atoms. The number of hydrogen-bond donors (Lipinski definition) is 0. The standard InChI is InChI=1S/C20H14BrFN4O2/c21-14-5-1-13(2-6-14)19-24-20(28-25-19)18-16-10-27-17(9-26(16)11-23-18)12-3-7-15(22)8-4-12/h1-8,11,17H,9-10H2. The molecule has 0 spiro atoms. The summed E-state index contributed by atoms with van der Waals surface area (Å²) in [5.74, 6) is 0.601. The smallest absolute Gasteiger partial charge is 0.278 e. The second kappa shape index (κ2) is 6.96. The normalized spacial score (nSPS) is 16.1. The summed E-state index contributed by atoms with van der Waals surface area (Å²) in [6.07, 6.45) is 1.59. The molecule has 1 aliphatic rings. The van der Waals surface area contributed by atoms with Crippen molar-refractivity contribution in [1.29, 1.82) is 0 Å². The van der Waals surface area contributed by atoms with Gasteiger partial charge in [0.1, 0.15) is 11.9 Å². The van der Waals surface area contributed by atoms with Gasteiger partial charge in [-0.2, -0.15) is 4.98 Å². The van der Waals surface area contributed by atoms with Crippen LogP contribution in [0, 0.1) is 5.82 Å². The Balaban J connectivity index is 1.41. The van der Waals surface area contributed by atoms with Crippen LogP contribution in [-0.4, -0.2) is 19.7 Å². The highest BCUT2D eigenvalue weighted by Crippen LogP contribution is 2.32. The van der Waals surface area contributed by atoms with Crippen LogP contribution in [-0.2, 0) is 17.9 Å². The lowest BCUT2D eigenvalue weighted by atomic mass is 10.1. The molecule has 0 saturated carbocycles. The van der Waals surface area contributed by atoms with E-state index in [0.717, 1.165) is 21.3 Å². The first-order chi connectivity index (χ1) is 13.7. The molecule has 0 fully saturated rings. The summed E-state index contributed by atoms with van der Waals surface area (Å²) in [5.41, 5.74) is 3.29. The fourth-order valence-electron chi connectivity index (χ4n) is 3.22. The van der Waals surface area contributed by atoms with E-state index >= 15 is 0 Å². The van der Waals surface area contributed by atoms with Gasteiger partial charge in [0, 0.05) is 10.0 Å². The second-order valence-corrected chi connectivity index (χ2v) is 7.39. The summed E-state index contributed by atoms with van der Waals surface area (Å²) < 4.78 is 27.6. The lowest BCUT2D eigenvalue weighted by Gasteiger charge is -2.25. The van der Waals surface area contributed by atoms with Crippen molar-refractivity contribution < 1.29 is 13.7 Å². The Hall–Kier alpha value is -2.84. The van der Waals surface area contributed by atoms with Crippen LogP contribution >= 0.6 is 15.9 Å². The number of halogens is 2. The number of imidazole rings is 1. The SMILES string of the molecule is Fc1ccc(C2Cn3cnc(-c4nc(-c5ccc(Br)cc5)no4)c3CO2)cc1. The summed E-state index contributed by atoms with van der Waals surface area (Å²) in [6.45, 7) is 0.940. The Morgan fingerprint density at radius 2 is 1.86 bits per heavy atom. The van der Waals surface area contributed by atoms with E-state index < -0.39 is 0 Å². The molecule has 2 aromatic heterocycles. The number of nitrogens with zero attached hydrogens (tertiary/aromatic N) is 4. The molecular formula is C20H14BrFN4O2. The fraction of sp³-hybridized carbons (Fsp3) is 0.150. The van der Waals surface area contributed by atoms with E-state index in [1.54, 1.807) is 18.5 Å². The zero-order valence-electron chi connectivity index (χ0n) is 14.5. The van der Waals surface area contributed by atoms with Crippen LogP contribution in [0.3, 0.4) is 0 Å². The third kappa shape index (κ3) is 3.14. The van der Waals surface area contributed by atoms with E-state index in [0.29, 0.717) is 30.6 Å². The van der Waals surface area contributed by atoms with Crippen molar-refractivity contribution in [2.24, 2.45) is 0 Å². The Kier molecular flexibility index (Phi) is 4.29. The zero-order valence-corrected chi connectivity index (χ0v) is 16.1. The van der Waals surface area contributed by atoms with Gasteiger partial charge < -0.3 is 13.8 Å². The molecule has 5 rings (SSSR count). The largest absolute Gasteiger partial charge is 0.365 e. The molecule has 8 heteroatoms. The Bertz CT molecular complexity index is 1120. The lowest BCUT2D eigenvalue weighted by molar-refractivity contribution is 0.00326. The monoisotopic (exact) mass is 440 g/mol. The van der Waals surface area contributed by atoms with Gasteiger partial charge in [0.2, 0.25) is 5.82 Å². The first-order valence-electron chi connectivity index (χ1n) is 8.68. The molecule has 2 aromatic carbocycles. The highest BCUT2D eigenvalue weighted by Gasteiger charge is 2.26. The molecule has 1 atom stereocenters. The molecule has 3 heterocycles. The number of aromatic nitrogens is 4. The predicted octanol–water partition coefficient (Wildman–Crippen LogP) is 4.77. The molecule has 0 saturated heterocycles. The molecule has 6 nitrogen and oxygen atoms in total. The highest BCUT2D eigenvalue weighted by atomic mass is 79.9. The molecule has 0 amide bonds. The average molecular weight is 441 g/mol. The topological polar surface area (TPSA) is 66.0 Å². The molecule has 1 aliphatic heterocycles. The number of fused-ring (bicyclic) bond motifs is 1. The van der Waals surface area contributed by atoms with Gasteiger partial charge in [-0.25, -0.2) is 9.37 Å². The van der Waals surface area contributed by atoms with Gasteiger partial charge in [-0.1, -0.05) is 33.2 Å². The van der Waals surface area contributed by atoms with Gasteiger partial charge in [0.05, 0.1) is 25.2 Å². The van der Waals surface area contributed by atoms with Gasteiger partial charge in [-0.05, 0) is 42.0 Å². The molecule has 0 N–H and O–H groups in total. The van der Waals surface area contributed by atoms with Gasteiger partial charge in [0.25, 0.3) is 5.89 Å². The maximum Gasteiger partial charge on any atom is 0.278 e. The molecule has 0 bridgehead atoms. The van der Waals surface area contributed by atoms with Crippen molar-refractivity contribution >= 4 is 15.9 Å². The lowest BCUT2D eigenvalue weighted by Crippen LogP contribution is -2.20. The number of rotatable bonds is 3. The van der Waals surface area contributed by atoms with Crippen molar-refractivity contribution in [1.82, 2.24) is 19.7 Å².